The summed E-state index contributed by atoms with van der Waals surface area (Å²) in [5.41, 5.74) is 11.2. The number of hydrogen-bond donors (Lipinski definition) is 2. The molecular formula is C24H23N3O. The van der Waals surface area contributed by atoms with Crippen molar-refractivity contribution in [1.29, 1.82) is 5.41 Å². The number of amides is 1. The Kier molecular flexibility index (Phi) is 4.70. The fraction of sp³-hybridized carbons (Fsp3) is 0.167. The lowest BCUT2D eigenvalue weighted by Gasteiger charge is -2.28. The average molecular weight is 369 g/mol. The van der Waals surface area contributed by atoms with E-state index in [4.69, 9.17) is 11.1 Å². The van der Waals surface area contributed by atoms with E-state index in [1.165, 1.54) is 16.7 Å². The summed E-state index contributed by atoms with van der Waals surface area (Å²) in [5.74, 6) is 0.228. The van der Waals surface area contributed by atoms with Crippen molar-refractivity contribution in [2.45, 2.75) is 19.9 Å². The van der Waals surface area contributed by atoms with Gasteiger partial charge in [0.2, 0.25) is 5.91 Å². The molecule has 0 unspecified atom stereocenters. The molecule has 0 bridgehead atoms. The number of nitrogen functional groups attached to an aromatic ring is 1. The van der Waals surface area contributed by atoms with Gasteiger partial charge in [-0.3, -0.25) is 10.2 Å². The molecule has 0 radical (unpaired) electrons. The molecule has 1 aliphatic heterocycles. The Bertz CT molecular complexity index is 1110. The zero-order valence-corrected chi connectivity index (χ0v) is 15.9. The maximum Gasteiger partial charge on any atom is 0.219 e. The Labute approximate surface area is 164 Å². The molecule has 1 heterocycles. The van der Waals surface area contributed by atoms with Gasteiger partial charge in [-0.05, 0) is 51.6 Å². The highest BCUT2D eigenvalue weighted by Crippen LogP contribution is 2.23. The van der Waals surface area contributed by atoms with Gasteiger partial charge in [-0.15, -0.1) is 0 Å². The van der Waals surface area contributed by atoms with Gasteiger partial charge in [-0.2, -0.15) is 0 Å². The van der Waals surface area contributed by atoms with Crippen LogP contribution in [-0.4, -0.2) is 23.2 Å². The van der Waals surface area contributed by atoms with Crippen molar-refractivity contribution < 1.29 is 4.79 Å². The second-order valence-corrected chi connectivity index (χ2v) is 7.29. The quantitative estimate of drug-likeness (QED) is 0.413. The first-order valence-electron chi connectivity index (χ1n) is 9.43. The number of hydrogen-bond acceptors (Lipinski definition) is 2. The number of fused-ring (bicyclic) bond motifs is 2. The van der Waals surface area contributed by atoms with E-state index in [0.717, 1.165) is 34.9 Å². The molecule has 1 amide bonds. The van der Waals surface area contributed by atoms with Gasteiger partial charge in [0.25, 0.3) is 0 Å². The third-order valence-corrected chi connectivity index (χ3v) is 5.33. The minimum Gasteiger partial charge on any atom is -0.384 e. The smallest absolute Gasteiger partial charge is 0.219 e. The third kappa shape index (κ3) is 3.67. The first-order chi connectivity index (χ1) is 13.5. The summed E-state index contributed by atoms with van der Waals surface area (Å²) in [5, 5.41) is 9.76. The van der Waals surface area contributed by atoms with E-state index in [1.54, 1.807) is 6.92 Å². The maximum atomic E-state index is 11.6. The largest absolute Gasteiger partial charge is 0.384 e. The molecule has 4 heteroatoms. The van der Waals surface area contributed by atoms with Gasteiger partial charge in [0.15, 0.2) is 0 Å². The predicted molar refractivity (Wildman–Crippen MR) is 115 cm³/mol. The summed E-state index contributed by atoms with van der Waals surface area (Å²) in [6.45, 7) is 3.14. The van der Waals surface area contributed by atoms with E-state index in [-0.39, 0.29) is 11.7 Å². The Hall–Kier alpha value is -3.40. The predicted octanol–water partition coefficient (Wildman–Crippen LogP) is 4.20. The molecule has 0 aliphatic carbocycles. The van der Waals surface area contributed by atoms with Gasteiger partial charge in [-0.1, -0.05) is 54.6 Å². The van der Waals surface area contributed by atoms with E-state index in [2.05, 4.69) is 48.6 Å². The van der Waals surface area contributed by atoms with Crippen molar-refractivity contribution in [3.63, 3.8) is 0 Å². The highest BCUT2D eigenvalue weighted by Gasteiger charge is 2.17. The molecule has 3 aromatic carbocycles. The number of carbonyl (C=O) groups is 1. The van der Waals surface area contributed by atoms with Gasteiger partial charge in [0, 0.05) is 25.6 Å². The number of amidine groups is 1. The molecule has 140 valence electrons. The van der Waals surface area contributed by atoms with Crippen LogP contribution in [0.5, 0.6) is 0 Å². The zero-order valence-electron chi connectivity index (χ0n) is 15.9. The van der Waals surface area contributed by atoms with Gasteiger partial charge < -0.3 is 10.6 Å². The van der Waals surface area contributed by atoms with Crippen molar-refractivity contribution in [3.05, 3.63) is 82.4 Å². The molecule has 0 saturated carbocycles. The first kappa shape index (κ1) is 18.0. The molecule has 1 aliphatic rings. The molecular weight excluding hydrogens is 346 g/mol. The van der Waals surface area contributed by atoms with Gasteiger partial charge in [-0.25, -0.2) is 0 Å². The Morgan fingerprint density at radius 2 is 1.64 bits per heavy atom. The minimum absolute atomic E-state index is 0.0877. The number of nitrogens with one attached hydrogen (secondary N) is 1. The Morgan fingerprint density at radius 1 is 0.964 bits per heavy atom. The van der Waals surface area contributed by atoms with Crippen molar-refractivity contribution in [1.82, 2.24) is 4.90 Å². The van der Waals surface area contributed by atoms with Gasteiger partial charge in [0.1, 0.15) is 5.84 Å². The van der Waals surface area contributed by atoms with Crippen molar-refractivity contribution in [2.24, 2.45) is 5.73 Å². The van der Waals surface area contributed by atoms with E-state index in [9.17, 15) is 4.79 Å². The summed E-state index contributed by atoms with van der Waals surface area (Å²) < 4.78 is 0. The molecule has 28 heavy (non-hydrogen) atoms. The summed E-state index contributed by atoms with van der Waals surface area (Å²) in [4.78, 5) is 13.5. The molecule has 4 nitrogen and oxygen atoms in total. The van der Waals surface area contributed by atoms with Crippen molar-refractivity contribution in [3.8, 4) is 0 Å². The summed E-state index contributed by atoms with van der Waals surface area (Å²) in [7, 11) is 0. The summed E-state index contributed by atoms with van der Waals surface area (Å²) in [6.07, 6.45) is 5.15. The summed E-state index contributed by atoms with van der Waals surface area (Å²) >= 11 is 0. The molecule has 4 rings (SSSR count). The van der Waals surface area contributed by atoms with Crippen LogP contribution in [0.1, 0.15) is 34.7 Å². The molecule has 0 atom stereocenters. The van der Waals surface area contributed by atoms with Crippen LogP contribution in [-0.2, 0) is 17.8 Å². The van der Waals surface area contributed by atoms with Crippen LogP contribution in [0.2, 0.25) is 0 Å². The lowest BCUT2D eigenvalue weighted by atomic mass is 9.96. The van der Waals surface area contributed by atoms with Crippen LogP contribution >= 0.6 is 0 Å². The van der Waals surface area contributed by atoms with Crippen molar-refractivity contribution >= 4 is 34.7 Å². The molecule has 3 aromatic rings. The molecule has 0 aromatic heterocycles. The number of nitrogens with two attached hydrogens (primary N) is 1. The van der Waals surface area contributed by atoms with Crippen LogP contribution in [0.3, 0.4) is 0 Å². The first-order valence-corrected chi connectivity index (χ1v) is 9.43. The average Bonchev–Trinajstić information content (AvgIpc) is 2.71. The normalized spacial score (nSPS) is 13.7. The van der Waals surface area contributed by atoms with Crippen molar-refractivity contribution in [2.75, 3.05) is 6.54 Å². The van der Waals surface area contributed by atoms with Crippen LogP contribution in [0.4, 0.5) is 0 Å². The topological polar surface area (TPSA) is 70.2 Å². The molecule has 0 saturated heterocycles. The lowest BCUT2D eigenvalue weighted by Crippen LogP contribution is -2.34. The number of carbonyl (C=O) groups excluding carboxylic acids is 1. The van der Waals surface area contributed by atoms with Crippen LogP contribution < -0.4 is 5.73 Å². The minimum atomic E-state index is 0.0877. The maximum absolute atomic E-state index is 11.6. The van der Waals surface area contributed by atoms with E-state index in [0.29, 0.717) is 6.54 Å². The highest BCUT2D eigenvalue weighted by molar-refractivity contribution is 5.99. The highest BCUT2D eigenvalue weighted by atomic mass is 16.2. The Morgan fingerprint density at radius 3 is 2.39 bits per heavy atom. The van der Waals surface area contributed by atoms with E-state index >= 15 is 0 Å². The SMILES string of the molecule is CC(=O)N1CCc2cc(/C=C/c3ccc4cc(C(=N)N)ccc4c3)ccc2C1. The molecule has 0 fully saturated rings. The van der Waals surface area contributed by atoms with E-state index in [1.807, 2.05) is 23.1 Å². The number of nitrogens with zero attached hydrogens (tertiary/aromatic N) is 1. The lowest BCUT2D eigenvalue weighted by molar-refractivity contribution is -0.129. The van der Waals surface area contributed by atoms with Crippen LogP contribution in [0.15, 0.2) is 54.6 Å². The molecule has 3 N–H and O–H groups in total. The zero-order chi connectivity index (χ0) is 19.7. The van der Waals surface area contributed by atoms with Crippen LogP contribution in [0.25, 0.3) is 22.9 Å². The second kappa shape index (κ2) is 7.31. The standard InChI is InChI=1S/C24H23N3O/c1-16(28)27-11-10-21-13-18(5-7-23(21)15-27)3-2-17-4-6-20-14-22(24(25)26)9-8-19(20)12-17/h2-9,12-14H,10-11,15H2,1H3,(H3,25,26)/b3-2+. The summed E-state index contributed by atoms with van der Waals surface area (Å²) in [6, 6.07) is 18.6. The number of rotatable bonds is 3. The second-order valence-electron chi connectivity index (χ2n) is 7.29. The van der Waals surface area contributed by atoms with Gasteiger partial charge >= 0.3 is 0 Å². The van der Waals surface area contributed by atoms with Crippen LogP contribution in [0, 0.1) is 5.41 Å². The third-order valence-electron chi connectivity index (χ3n) is 5.33. The monoisotopic (exact) mass is 369 g/mol. The number of benzene rings is 3. The molecule has 0 spiro atoms. The fourth-order valence-corrected chi connectivity index (χ4v) is 3.67. The van der Waals surface area contributed by atoms with Gasteiger partial charge in [0.05, 0.1) is 0 Å². The van der Waals surface area contributed by atoms with E-state index < -0.39 is 0 Å². The Balaban J connectivity index is 1.55. The fourth-order valence-electron chi connectivity index (χ4n) is 3.67.